The van der Waals surface area contributed by atoms with E-state index < -0.39 is 0 Å². The van der Waals surface area contributed by atoms with Gasteiger partial charge in [0.2, 0.25) is 0 Å². The van der Waals surface area contributed by atoms with Crippen molar-refractivity contribution in [2.24, 2.45) is 0 Å². The van der Waals surface area contributed by atoms with Crippen molar-refractivity contribution in [3.05, 3.63) is 66.0 Å². The summed E-state index contributed by atoms with van der Waals surface area (Å²) in [4.78, 5) is 4.40. The molecule has 2 aromatic rings. The van der Waals surface area contributed by atoms with Gasteiger partial charge in [0.15, 0.2) is 0 Å². The Hall–Kier alpha value is -1.67. The van der Waals surface area contributed by atoms with Gasteiger partial charge < -0.3 is 5.32 Å². The van der Waals surface area contributed by atoms with Crippen molar-refractivity contribution in [2.45, 2.75) is 32.4 Å². The molecule has 94 valence electrons. The van der Waals surface area contributed by atoms with Crippen LogP contribution in [-0.2, 0) is 0 Å². The van der Waals surface area contributed by atoms with Crippen molar-refractivity contribution in [3.8, 4) is 0 Å². The Kier molecular flexibility index (Phi) is 4.48. The van der Waals surface area contributed by atoms with Crippen LogP contribution in [0.5, 0.6) is 0 Å². The Bertz CT molecular complexity index is 453. The summed E-state index contributed by atoms with van der Waals surface area (Å²) in [7, 11) is 0. The first-order valence-corrected chi connectivity index (χ1v) is 6.53. The van der Waals surface area contributed by atoms with Crippen LogP contribution in [0.3, 0.4) is 0 Å². The van der Waals surface area contributed by atoms with Crippen molar-refractivity contribution in [1.29, 1.82) is 0 Å². The summed E-state index contributed by atoms with van der Waals surface area (Å²) >= 11 is 0. The fraction of sp³-hybridized carbons (Fsp3) is 0.312. The molecule has 1 N–H and O–H groups in total. The molecule has 0 aliphatic heterocycles. The highest BCUT2D eigenvalue weighted by atomic mass is 15.0. The third-order valence-electron chi connectivity index (χ3n) is 3.19. The highest BCUT2D eigenvalue weighted by Crippen LogP contribution is 2.20. The number of rotatable bonds is 5. The van der Waals surface area contributed by atoms with Gasteiger partial charge in [0.25, 0.3) is 0 Å². The average Bonchev–Trinajstić information content (AvgIpc) is 2.46. The molecule has 1 aromatic carbocycles. The zero-order valence-electron chi connectivity index (χ0n) is 11.0. The first-order chi connectivity index (χ1) is 8.81. The number of benzene rings is 1. The van der Waals surface area contributed by atoms with Crippen LogP contribution < -0.4 is 5.32 Å². The molecule has 0 aliphatic carbocycles. The van der Waals surface area contributed by atoms with E-state index >= 15 is 0 Å². The lowest BCUT2D eigenvalue weighted by Gasteiger charge is -2.22. The van der Waals surface area contributed by atoms with Gasteiger partial charge in [-0.05, 0) is 31.0 Å². The van der Waals surface area contributed by atoms with Crippen LogP contribution in [0.1, 0.15) is 43.6 Å². The summed E-state index contributed by atoms with van der Waals surface area (Å²) in [5, 5.41) is 3.64. The summed E-state index contributed by atoms with van der Waals surface area (Å²) in [5.74, 6) is 0. The van der Waals surface area contributed by atoms with Crippen molar-refractivity contribution in [3.63, 3.8) is 0 Å². The SMILES string of the molecule is CCC(NC(C)c1ccccn1)c1ccccc1. The monoisotopic (exact) mass is 240 g/mol. The van der Waals surface area contributed by atoms with Crippen molar-refractivity contribution in [1.82, 2.24) is 10.3 Å². The zero-order chi connectivity index (χ0) is 12.8. The first kappa shape index (κ1) is 12.8. The molecule has 0 spiro atoms. The second kappa shape index (κ2) is 6.31. The Morgan fingerprint density at radius 1 is 1.06 bits per heavy atom. The van der Waals surface area contributed by atoms with E-state index in [0.29, 0.717) is 6.04 Å². The Balaban J connectivity index is 2.07. The maximum Gasteiger partial charge on any atom is 0.0570 e. The Morgan fingerprint density at radius 3 is 2.39 bits per heavy atom. The summed E-state index contributed by atoms with van der Waals surface area (Å²) < 4.78 is 0. The summed E-state index contributed by atoms with van der Waals surface area (Å²) in [5.41, 5.74) is 2.43. The van der Waals surface area contributed by atoms with E-state index in [1.54, 1.807) is 0 Å². The third kappa shape index (κ3) is 3.17. The molecule has 2 rings (SSSR count). The number of nitrogens with zero attached hydrogens (tertiary/aromatic N) is 1. The smallest absolute Gasteiger partial charge is 0.0570 e. The molecule has 0 radical (unpaired) electrons. The fourth-order valence-corrected chi connectivity index (χ4v) is 2.15. The molecule has 0 fully saturated rings. The van der Waals surface area contributed by atoms with E-state index in [0.717, 1.165) is 12.1 Å². The topological polar surface area (TPSA) is 24.9 Å². The quantitative estimate of drug-likeness (QED) is 0.857. The Morgan fingerprint density at radius 2 is 1.78 bits per heavy atom. The molecule has 2 nitrogen and oxygen atoms in total. The molecule has 2 atom stereocenters. The van der Waals surface area contributed by atoms with E-state index in [4.69, 9.17) is 0 Å². The number of hydrogen-bond acceptors (Lipinski definition) is 2. The van der Waals surface area contributed by atoms with E-state index in [-0.39, 0.29) is 6.04 Å². The predicted octanol–water partition coefficient (Wildman–Crippen LogP) is 3.88. The van der Waals surface area contributed by atoms with Crippen molar-refractivity contribution in [2.75, 3.05) is 0 Å². The van der Waals surface area contributed by atoms with Crippen LogP contribution in [0.25, 0.3) is 0 Å². The van der Waals surface area contributed by atoms with Gasteiger partial charge in [-0.2, -0.15) is 0 Å². The van der Waals surface area contributed by atoms with Gasteiger partial charge in [0.1, 0.15) is 0 Å². The largest absolute Gasteiger partial charge is 0.302 e. The van der Waals surface area contributed by atoms with Gasteiger partial charge in [-0.25, -0.2) is 0 Å². The second-order valence-corrected chi connectivity index (χ2v) is 4.51. The third-order valence-corrected chi connectivity index (χ3v) is 3.19. The minimum absolute atomic E-state index is 0.261. The van der Waals surface area contributed by atoms with Crippen LogP contribution in [-0.4, -0.2) is 4.98 Å². The molecular formula is C16H20N2. The van der Waals surface area contributed by atoms with Gasteiger partial charge in [-0.3, -0.25) is 4.98 Å². The molecule has 0 saturated heterocycles. The van der Waals surface area contributed by atoms with Gasteiger partial charge in [0.05, 0.1) is 5.69 Å². The molecule has 0 bridgehead atoms. The molecule has 2 unspecified atom stereocenters. The van der Waals surface area contributed by atoms with Crippen LogP contribution in [0, 0.1) is 0 Å². The number of aromatic nitrogens is 1. The molecule has 0 amide bonds. The second-order valence-electron chi connectivity index (χ2n) is 4.51. The molecule has 2 heteroatoms. The lowest BCUT2D eigenvalue weighted by Crippen LogP contribution is -2.24. The summed E-state index contributed by atoms with van der Waals surface area (Å²) in [6, 6.07) is 17.3. The summed E-state index contributed by atoms with van der Waals surface area (Å²) in [6.45, 7) is 4.36. The van der Waals surface area contributed by atoms with Gasteiger partial charge >= 0.3 is 0 Å². The van der Waals surface area contributed by atoms with Gasteiger partial charge in [-0.15, -0.1) is 0 Å². The normalized spacial score (nSPS) is 14.1. The lowest BCUT2D eigenvalue weighted by atomic mass is 10.0. The maximum atomic E-state index is 4.40. The number of hydrogen-bond donors (Lipinski definition) is 1. The zero-order valence-corrected chi connectivity index (χ0v) is 11.0. The predicted molar refractivity (Wildman–Crippen MR) is 75.3 cm³/mol. The lowest BCUT2D eigenvalue weighted by molar-refractivity contribution is 0.450. The molecule has 0 aliphatic rings. The minimum atomic E-state index is 0.261. The number of pyridine rings is 1. The van der Waals surface area contributed by atoms with Gasteiger partial charge in [-0.1, -0.05) is 43.3 Å². The fourth-order valence-electron chi connectivity index (χ4n) is 2.15. The van der Waals surface area contributed by atoms with E-state index in [1.165, 1.54) is 5.56 Å². The van der Waals surface area contributed by atoms with Crippen LogP contribution in [0.2, 0.25) is 0 Å². The Labute approximate surface area is 109 Å². The molecule has 1 heterocycles. The molecule has 1 aromatic heterocycles. The van der Waals surface area contributed by atoms with Crippen molar-refractivity contribution < 1.29 is 0 Å². The van der Waals surface area contributed by atoms with E-state index in [1.807, 2.05) is 18.3 Å². The number of nitrogens with one attached hydrogen (secondary N) is 1. The highest BCUT2D eigenvalue weighted by Gasteiger charge is 2.13. The molecule has 18 heavy (non-hydrogen) atoms. The summed E-state index contributed by atoms with van der Waals surface area (Å²) in [6.07, 6.45) is 2.91. The minimum Gasteiger partial charge on any atom is -0.302 e. The van der Waals surface area contributed by atoms with Gasteiger partial charge in [0, 0.05) is 18.3 Å². The molecule has 0 saturated carbocycles. The van der Waals surface area contributed by atoms with Crippen LogP contribution >= 0.6 is 0 Å². The van der Waals surface area contributed by atoms with E-state index in [2.05, 4.69) is 60.5 Å². The molecular weight excluding hydrogens is 220 g/mol. The standard InChI is InChI=1S/C16H20N2/c1-3-15(14-9-5-4-6-10-14)18-13(2)16-11-7-8-12-17-16/h4-13,15,18H,3H2,1-2H3. The average molecular weight is 240 g/mol. The van der Waals surface area contributed by atoms with Crippen LogP contribution in [0.15, 0.2) is 54.7 Å². The maximum absolute atomic E-state index is 4.40. The van der Waals surface area contributed by atoms with Crippen molar-refractivity contribution >= 4 is 0 Å². The highest BCUT2D eigenvalue weighted by molar-refractivity contribution is 5.19. The first-order valence-electron chi connectivity index (χ1n) is 6.53. The van der Waals surface area contributed by atoms with E-state index in [9.17, 15) is 0 Å². The van der Waals surface area contributed by atoms with Crippen LogP contribution in [0.4, 0.5) is 0 Å².